The lowest BCUT2D eigenvalue weighted by atomic mass is 9.94. The van der Waals surface area contributed by atoms with E-state index in [2.05, 4.69) is 4.98 Å². The van der Waals surface area contributed by atoms with E-state index >= 15 is 0 Å². The number of aromatic amines is 1. The average molecular weight is 243 g/mol. The average Bonchev–Trinajstić information content (AvgIpc) is 2.93. The topological polar surface area (TPSA) is 96.0 Å². The molecule has 0 radical (unpaired) electrons. The van der Waals surface area contributed by atoms with Gasteiger partial charge in [0.25, 0.3) is 0 Å². The Hall–Kier alpha value is -2.30. The highest BCUT2D eigenvalue weighted by molar-refractivity contribution is 6.12. The number of carbonyl (C=O) groups excluding carboxylic acids is 2. The quantitative estimate of drug-likeness (QED) is 0.760. The molecule has 92 valence electrons. The van der Waals surface area contributed by atoms with Crippen molar-refractivity contribution < 1.29 is 19.8 Å². The second kappa shape index (κ2) is 3.60. The number of hydrogen-bond donors (Lipinski definition) is 1. The predicted molar refractivity (Wildman–Crippen MR) is 59.0 cm³/mol. The Kier molecular flexibility index (Phi) is 2.16. The largest absolute Gasteiger partial charge is 0.545 e. The third-order valence-electron chi connectivity index (χ3n) is 3.50. The highest BCUT2D eigenvalue weighted by atomic mass is 16.4. The van der Waals surface area contributed by atoms with Crippen LogP contribution in [0.4, 0.5) is 0 Å². The Morgan fingerprint density at radius 2 is 1.72 bits per heavy atom. The first-order valence-corrected chi connectivity index (χ1v) is 5.68. The van der Waals surface area contributed by atoms with Gasteiger partial charge in [0.05, 0.1) is 11.9 Å². The molecule has 1 aliphatic carbocycles. The minimum absolute atomic E-state index is 0.213. The molecule has 5 heteroatoms. The lowest BCUT2D eigenvalue weighted by Crippen LogP contribution is -2.31. The van der Waals surface area contributed by atoms with Crippen molar-refractivity contribution in [3.05, 3.63) is 34.5 Å². The summed E-state index contributed by atoms with van der Waals surface area (Å²) in [5.74, 6) is -2.93. The number of aryl methyl sites for hydroxylation is 1. The third-order valence-corrected chi connectivity index (χ3v) is 3.50. The number of hydrogen-bond acceptors (Lipinski definition) is 4. The van der Waals surface area contributed by atoms with Gasteiger partial charge in [0.1, 0.15) is 0 Å². The Morgan fingerprint density at radius 3 is 2.39 bits per heavy atom. The fraction of sp³-hybridized carbons (Fsp3) is 0.231. The number of aromatic nitrogens is 1. The Bertz CT molecular complexity index is 684. The predicted octanol–water partition coefficient (Wildman–Crippen LogP) is -0.616. The zero-order valence-corrected chi connectivity index (χ0v) is 9.41. The van der Waals surface area contributed by atoms with Gasteiger partial charge in [-0.15, -0.1) is 0 Å². The maximum absolute atomic E-state index is 11.2. The van der Waals surface area contributed by atoms with Gasteiger partial charge in [-0.3, -0.25) is 0 Å². The Labute approximate surface area is 102 Å². The number of H-pyrrole nitrogens is 1. The first-order chi connectivity index (χ1) is 8.61. The van der Waals surface area contributed by atoms with Crippen LogP contribution in [0.15, 0.2) is 12.3 Å². The summed E-state index contributed by atoms with van der Waals surface area (Å²) in [4.78, 5) is 25.4. The van der Waals surface area contributed by atoms with E-state index in [1.54, 1.807) is 12.3 Å². The number of fused-ring (bicyclic) bond motifs is 3. The van der Waals surface area contributed by atoms with E-state index in [4.69, 9.17) is 0 Å². The number of rotatable bonds is 2. The summed E-state index contributed by atoms with van der Waals surface area (Å²) in [7, 11) is 0. The van der Waals surface area contributed by atoms with Crippen LogP contribution in [0, 0.1) is 0 Å². The highest BCUT2D eigenvalue weighted by Gasteiger charge is 2.24. The van der Waals surface area contributed by atoms with Gasteiger partial charge in [0.15, 0.2) is 0 Å². The lowest BCUT2D eigenvalue weighted by Gasteiger charge is -2.18. The van der Waals surface area contributed by atoms with E-state index in [9.17, 15) is 19.8 Å². The van der Waals surface area contributed by atoms with Crippen LogP contribution in [0.25, 0.3) is 10.9 Å². The Balaban J connectivity index is 2.53. The van der Waals surface area contributed by atoms with Gasteiger partial charge in [0.2, 0.25) is 0 Å². The minimum Gasteiger partial charge on any atom is -0.545 e. The number of nitrogens with one attached hydrogen (secondary N) is 1. The molecular weight excluding hydrogens is 234 g/mol. The first kappa shape index (κ1) is 10.8. The molecule has 1 aromatic carbocycles. The van der Waals surface area contributed by atoms with E-state index < -0.39 is 11.9 Å². The molecule has 0 fully saturated rings. The number of carboxylic acids is 2. The van der Waals surface area contributed by atoms with E-state index in [1.165, 1.54) is 0 Å². The summed E-state index contributed by atoms with van der Waals surface area (Å²) in [6, 6.07) is 1.56. The van der Waals surface area contributed by atoms with Crippen molar-refractivity contribution in [2.45, 2.75) is 19.3 Å². The standard InChI is InChI=1S/C13H11NO4/c15-12(16)9-6-2-1-3-7(6)11-8(4-5-14-11)10(9)13(17)18/h4-5,14H,1-3H2,(H,15,16)(H,17,18)/p-2. The molecule has 1 heterocycles. The van der Waals surface area contributed by atoms with Crippen LogP contribution in [0.5, 0.6) is 0 Å². The van der Waals surface area contributed by atoms with Crippen LogP contribution < -0.4 is 10.2 Å². The molecule has 0 unspecified atom stereocenters. The fourth-order valence-electron chi connectivity index (χ4n) is 2.85. The molecule has 0 spiro atoms. The molecule has 0 aliphatic heterocycles. The van der Waals surface area contributed by atoms with Gasteiger partial charge in [-0.2, -0.15) is 0 Å². The molecule has 18 heavy (non-hydrogen) atoms. The van der Waals surface area contributed by atoms with Crippen LogP contribution in [-0.4, -0.2) is 16.9 Å². The molecule has 1 aromatic heterocycles. The van der Waals surface area contributed by atoms with Crippen LogP contribution in [0.2, 0.25) is 0 Å². The molecule has 1 N–H and O–H groups in total. The second-order valence-electron chi connectivity index (χ2n) is 4.40. The smallest absolute Gasteiger partial charge is 0.0728 e. The molecule has 1 aliphatic rings. The molecular formula is C13H9NO4-2. The summed E-state index contributed by atoms with van der Waals surface area (Å²) >= 11 is 0. The monoisotopic (exact) mass is 243 g/mol. The van der Waals surface area contributed by atoms with Crippen LogP contribution in [-0.2, 0) is 12.8 Å². The van der Waals surface area contributed by atoms with Gasteiger partial charge in [0, 0.05) is 28.2 Å². The van der Waals surface area contributed by atoms with E-state index in [0.717, 1.165) is 18.4 Å². The van der Waals surface area contributed by atoms with Gasteiger partial charge in [-0.05, 0) is 36.5 Å². The zero-order chi connectivity index (χ0) is 12.9. The Morgan fingerprint density at radius 1 is 1.06 bits per heavy atom. The number of aromatic carboxylic acids is 2. The van der Waals surface area contributed by atoms with Gasteiger partial charge < -0.3 is 24.8 Å². The van der Waals surface area contributed by atoms with Crippen LogP contribution >= 0.6 is 0 Å². The molecule has 5 nitrogen and oxygen atoms in total. The first-order valence-electron chi connectivity index (χ1n) is 5.68. The van der Waals surface area contributed by atoms with Gasteiger partial charge in [-0.25, -0.2) is 0 Å². The molecule has 2 aromatic rings. The second-order valence-corrected chi connectivity index (χ2v) is 4.40. The van der Waals surface area contributed by atoms with Crippen molar-refractivity contribution in [2.24, 2.45) is 0 Å². The molecule has 0 atom stereocenters. The molecule has 3 rings (SSSR count). The van der Waals surface area contributed by atoms with Crippen molar-refractivity contribution >= 4 is 22.8 Å². The summed E-state index contributed by atoms with van der Waals surface area (Å²) in [6.45, 7) is 0. The fourth-order valence-corrected chi connectivity index (χ4v) is 2.85. The van der Waals surface area contributed by atoms with E-state index in [0.29, 0.717) is 22.9 Å². The summed E-state index contributed by atoms with van der Waals surface area (Å²) in [5.41, 5.74) is 1.68. The molecule has 0 saturated carbocycles. The maximum atomic E-state index is 11.2. The van der Waals surface area contributed by atoms with Crippen molar-refractivity contribution in [2.75, 3.05) is 0 Å². The summed E-state index contributed by atoms with van der Waals surface area (Å²) < 4.78 is 0. The van der Waals surface area contributed by atoms with Crippen molar-refractivity contribution in [3.8, 4) is 0 Å². The van der Waals surface area contributed by atoms with Gasteiger partial charge >= 0.3 is 0 Å². The van der Waals surface area contributed by atoms with Crippen LogP contribution in [0.1, 0.15) is 38.3 Å². The maximum Gasteiger partial charge on any atom is 0.0728 e. The third kappa shape index (κ3) is 1.27. The van der Waals surface area contributed by atoms with Crippen molar-refractivity contribution in [3.63, 3.8) is 0 Å². The van der Waals surface area contributed by atoms with Crippen molar-refractivity contribution in [1.82, 2.24) is 4.98 Å². The number of benzene rings is 1. The normalized spacial score (nSPS) is 13.8. The van der Waals surface area contributed by atoms with Crippen molar-refractivity contribution in [1.29, 1.82) is 0 Å². The van der Waals surface area contributed by atoms with Gasteiger partial charge in [-0.1, -0.05) is 0 Å². The van der Waals surface area contributed by atoms with E-state index in [1.807, 2.05) is 0 Å². The lowest BCUT2D eigenvalue weighted by molar-refractivity contribution is -0.259. The summed E-state index contributed by atoms with van der Waals surface area (Å²) in [5, 5.41) is 22.8. The number of carboxylic acid groups (broad SMARTS) is 2. The van der Waals surface area contributed by atoms with Crippen LogP contribution in [0.3, 0.4) is 0 Å². The minimum atomic E-state index is -1.48. The zero-order valence-electron chi connectivity index (χ0n) is 9.41. The van der Waals surface area contributed by atoms with E-state index in [-0.39, 0.29) is 11.1 Å². The SMILES string of the molecule is O=C([O-])c1c2c(c3[nH]ccc3c1C(=O)[O-])CCC2. The number of carbonyl (C=O) groups is 2. The summed E-state index contributed by atoms with van der Waals surface area (Å²) in [6.07, 6.45) is 3.74. The molecule has 0 saturated heterocycles. The molecule has 0 bridgehead atoms. The highest BCUT2D eigenvalue weighted by Crippen LogP contribution is 2.35. The molecule has 0 amide bonds.